The summed E-state index contributed by atoms with van der Waals surface area (Å²) < 4.78 is 5.00. The van der Waals surface area contributed by atoms with Crippen LogP contribution >= 0.6 is 0 Å². The fraction of sp³-hybridized carbons (Fsp3) is 0.625. The third kappa shape index (κ3) is 4.09. The minimum absolute atomic E-state index is 0.117. The number of amides is 2. The summed E-state index contributed by atoms with van der Waals surface area (Å²) >= 11 is 0. The van der Waals surface area contributed by atoms with E-state index in [4.69, 9.17) is 4.42 Å². The van der Waals surface area contributed by atoms with E-state index in [1.807, 2.05) is 0 Å². The van der Waals surface area contributed by atoms with Gasteiger partial charge < -0.3 is 15.1 Å². The Hall–Kier alpha value is -1.78. The van der Waals surface area contributed by atoms with Gasteiger partial charge >= 0.3 is 0 Å². The summed E-state index contributed by atoms with van der Waals surface area (Å²) in [7, 11) is 0. The molecule has 0 aliphatic heterocycles. The zero-order chi connectivity index (χ0) is 14.7. The molecule has 1 aromatic rings. The summed E-state index contributed by atoms with van der Waals surface area (Å²) in [6.07, 6.45) is 7.65. The minimum atomic E-state index is -0.228. The van der Waals surface area contributed by atoms with Crippen LogP contribution < -0.4 is 10.6 Å². The molecule has 0 atom stereocenters. The van der Waals surface area contributed by atoms with Crippen molar-refractivity contribution in [2.75, 3.05) is 6.54 Å². The van der Waals surface area contributed by atoms with Crippen molar-refractivity contribution in [2.24, 2.45) is 11.8 Å². The number of hydrogen-bond donors (Lipinski definition) is 2. The molecule has 2 amide bonds. The molecular formula is C16H22N2O3. The van der Waals surface area contributed by atoms with Gasteiger partial charge in [0.15, 0.2) is 5.76 Å². The SMILES string of the molecule is O=C(CCCNC(=O)c1ccco1)NC(C1CC1)C1CC1. The zero-order valence-corrected chi connectivity index (χ0v) is 12.1. The van der Waals surface area contributed by atoms with Gasteiger partial charge in [-0.05, 0) is 56.1 Å². The van der Waals surface area contributed by atoms with Crippen molar-refractivity contribution in [3.8, 4) is 0 Å². The second-order valence-electron chi connectivity index (χ2n) is 6.10. The Morgan fingerprint density at radius 1 is 1.24 bits per heavy atom. The van der Waals surface area contributed by atoms with Gasteiger partial charge in [0.05, 0.1) is 6.26 Å². The van der Waals surface area contributed by atoms with Gasteiger partial charge in [-0.3, -0.25) is 9.59 Å². The highest BCUT2D eigenvalue weighted by Crippen LogP contribution is 2.44. The summed E-state index contributed by atoms with van der Waals surface area (Å²) in [4.78, 5) is 23.6. The second kappa shape index (κ2) is 6.33. The first-order chi connectivity index (χ1) is 10.2. The summed E-state index contributed by atoms with van der Waals surface area (Å²) in [5.41, 5.74) is 0. The predicted octanol–water partition coefficient (Wildman–Crippen LogP) is 2.09. The third-order valence-corrected chi connectivity index (χ3v) is 4.20. The van der Waals surface area contributed by atoms with Crippen molar-refractivity contribution in [3.63, 3.8) is 0 Å². The topological polar surface area (TPSA) is 71.3 Å². The highest BCUT2D eigenvalue weighted by atomic mass is 16.3. The van der Waals surface area contributed by atoms with E-state index in [1.165, 1.54) is 31.9 Å². The standard InChI is InChI=1S/C16H22N2O3/c19-14(18-15(11-5-6-11)12-7-8-12)4-1-9-17-16(20)13-3-2-10-21-13/h2-3,10-12,15H,1,4-9H2,(H,17,20)(H,18,19). The van der Waals surface area contributed by atoms with E-state index in [0.29, 0.717) is 31.2 Å². The lowest BCUT2D eigenvalue weighted by Gasteiger charge is -2.17. The monoisotopic (exact) mass is 290 g/mol. The lowest BCUT2D eigenvalue weighted by atomic mass is 10.1. The van der Waals surface area contributed by atoms with Crippen LogP contribution in [0.25, 0.3) is 0 Å². The van der Waals surface area contributed by atoms with Gasteiger partial charge in [-0.1, -0.05) is 0 Å². The van der Waals surface area contributed by atoms with Crippen LogP contribution in [0.4, 0.5) is 0 Å². The van der Waals surface area contributed by atoms with Crippen LogP contribution in [0.2, 0.25) is 0 Å². The fourth-order valence-corrected chi connectivity index (χ4v) is 2.74. The van der Waals surface area contributed by atoms with Crippen molar-refractivity contribution < 1.29 is 14.0 Å². The lowest BCUT2D eigenvalue weighted by molar-refractivity contribution is -0.122. The molecule has 5 nitrogen and oxygen atoms in total. The lowest BCUT2D eigenvalue weighted by Crippen LogP contribution is -2.38. The predicted molar refractivity (Wildman–Crippen MR) is 77.7 cm³/mol. The first-order valence-electron chi connectivity index (χ1n) is 7.85. The van der Waals surface area contributed by atoms with Gasteiger partial charge in [0.25, 0.3) is 5.91 Å². The Kier molecular flexibility index (Phi) is 4.27. The van der Waals surface area contributed by atoms with Gasteiger partial charge in [0.2, 0.25) is 5.91 Å². The Labute approximate surface area is 124 Å². The highest BCUT2D eigenvalue weighted by Gasteiger charge is 2.41. The molecule has 0 spiro atoms. The Morgan fingerprint density at radius 3 is 2.52 bits per heavy atom. The smallest absolute Gasteiger partial charge is 0.286 e. The Balaban J connectivity index is 1.31. The maximum atomic E-state index is 11.9. The quantitative estimate of drug-likeness (QED) is 0.720. The van der Waals surface area contributed by atoms with Gasteiger partial charge in [-0.25, -0.2) is 0 Å². The molecule has 0 bridgehead atoms. The van der Waals surface area contributed by atoms with Crippen LogP contribution in [-0.2, 0) is 4.79 Å². The molecule has 0 radical (unpaired) electrons. The van der Waals surface area contributed by atoms with Crippen molar-refractivity contribution in [3.05, 3.63) is 24.2 Å². The molecule has 114 valence electrons. The first-order valence-corrected chi connectivity index (χ1v) is 7.85. The minimum Gasteiger partial charge on any atom is -0.459 e. The van der Waals surface area contributed by atoms with Crippen molar-refractivity contribution in [2.45, 2.75) is 44.6 Å². The molecule has 1 heterocycles. The van der Waals surface area contributed by atoms with E-state index in [2.05, 4.69) is 10.6 Å². The maximum absolute atomic E-state index is 11.9. The molecule has 0 saturated heterocycles. The van der Waals surface area contributed by atoms with Crippen LogP contribution in [0, 0.1) is 11.8 Å². The van der Waals surface area contributed by atoms with Crippen LogP contribution in [0.3, 0.4) is 0 Å². The third-order valence-electron chi connectivity index (χ3n) is 4.20. The zero-order valence-electron chi connectivity index (χ0n) is 12.1. The molecule has 2 aliphatic carbocycles. The summed E-state index contributed by atoms with van der Waals surface area (Å²) in [6.45, 7) is 0.491. The summed E-state index contributed by atoms with van der Waals surface area (Å²) in [5, 5.41) is 5.94. The maximum Gasteiger partial charge on any atom is 0.286 e. The summed E-state index contributed by atoms with van der Waals surface area (Å²) in [5.74, 6) is 1.64. The van der Waals surface area contributed by atoms with Crippen LogP contribution in [0.1, 0.15) is 49.1 Å². The molecule has 3 rings (SSSR count). The number of nitrogens with one attached hydrogen (secondary N) is 2. The Morgan fingerprint density at radius 2 is 1.95 bits per heavy atom. The van der Waals surface area contributed by atoms with E-state index in [1.54, 1.807) is 12.1 Å². The van der Waals surface area contributed by atoms with Gasteiger partial charge in [0.1, 0.15) is 0 Å². The molecule has 2 aliphatic rings. The number of rotatable bonds is 8. The van der Waals surface area contributed by atoms with Gasteiger partial charge in [0, 0.05) is 19.0 Å². The number of hydrogen-bond acceptors (Lipinski definition) is 3. The molecule has 0 aromatic carbocycles. The average Bonchev–Trinajstić information content (AvgIpc) is 3.40. The Bertz CT molecular complexity index is 478. The normalized spacial score (nSPS) is 17.8. The fourth-order valence-electron chi connectivity index (χ4n) is 2.74. The van der Waals surface area contributed by atoms with Crippen LogP contribution in [0.15, 0.2) is 22.8 Å². The number of carbonyl (C=O) groups is 2. The second-order valence-corrected chi connectivity index (χ2v) is 6.10. The molecule has 2 saturated carbocycles. The highest BCUT2D eigenvalue weighted by molar-refractivity contribution is 5.91. The first kappa shape index (κ1) is 14.2. The van der Waals surface area contributed by atoms with Gasteiger partial charge in [-0.15, -0.1) is 0 Å². The molecule has 1 aromatic heterocycles. The van der Waals surface area contributed by atoms with Gasteiger partial charge in [-0.2, -0.15) is 0 Å². The van der Waals surface area contributed by atoms with E-state index < -0.39 is 0 Å². The molecule has 5 heteroatoms. The van der Waals surface area contributed by atoms with Crippen molar-refractivity contribution >= 4 is 11.8 Å². The van der Waals surface area contributed by atoms with E-state index in [0.717, 1.165) is 11.8 Å². The molecule has 2 fully saturated rings. The number of carbonyl (C=O) groups excluding carboxylic acids is 2. The van der Waals surface area contributed by atoms with Crippen LogP contribution in [0.5, 0.6) is 0 Å². The average molecular weight is 290 g/mol. The number of furan rings is 1. The molecule has 21 heavy (non-hydrogen) atoms. The van der Waals surface area contributed by atoms with E-state index in [9.17, 15) is 9.59 Å². The largest absolute Gasteiger partial charge is 0.459 e. The molecule has 2 N–H and O–H groups in total. The summed E-state index contributed by atoms with van der Waals surface area (Å²) in [6, 6.07) is 3.71. The van der Waals surface area contributed by atoms with Crippen molar-refractivity contribution in [1.29, 1.82) is 0 Å². The molecular weight excluding hydrogens is 268 g/mol. The van der Waals surface area contributed by atoms with E-state index >= 15 is 0 Å². The molecule has 0 unspecified atom stereocenters. The van der Waals surface area contributed by atoms with Crippen LogP contribution in [-0.4, -0.2) is 24.4 Å². The van der Waals surface area contributed by atoms with Crippen molar-refractivity contribution in [1.82, 2.24) is 10.6 Å². The van der Waals surface area contributed by atoms with E-state index in [-0.39, 0.29) is 11.8 Å².